The number of nitrogens with one attached hydrogen (secondary N) is 1. The average Bonchev–Trinajstić information content (AvgIpc) is 2.76. The molecule has 92 valence electrons. The zero-order valence-electron chi connectivity index (χ0n) is 10.1. The molecule has 0 aliphatic carbocycles. The van der Waals surface area contributed by atoms with Crippen LogP contribution in [0.25, 0.3) is 5.65 Å². The van der Waals surface area contributed by atoms with E-state index in [1.165, 1.54) is 6.42 Å². The fourth-order valence-corrected chi connectivity index (χ4v) is 2.69. The Morgan fingerprint density at radius 3 is 3.06 bits per heavy atom. The third-order valence-electron chi connectivity index (χ3n) is 2.43. The van der Waals surface area contributed by atoms with Gasteiger partial charge >= 0.3 is 0 Å². The summed E-state index contributed by atoms with van der Waals surface area (Å²) in [7, 11) is 0. The summed E-state index contributed by atoms with van der Waals surface area (Å²) >= 11 is 1.72. The van der Waals surface area contributed by atoms with Crippen LogP contribution in [0.5, 0.6) is 0 Å². The number of hydrazine groups is 1. The lowest BCUT2D eigenvalue weighted by Gasteiger charge is -2.07. The van der Waals surface area contributed by atoms with Gasteiger partial charge in [0.2, 0.25) is 0 Å². The number of imidazole rings is 1. The van der Waals surface area contributed by atoms with E-state index in [1.54, 1.807) is 18.0 Å². The number of hydrogen-bond acceptors (Lipinski definition) is 5. The second-order valence-corrected chi connectivity index (χ2v) is 5.35. The molecule has 0 aliphatic heterocycles. The topological polar surface area (TPSA) is 68.2 Å². The fraction of sp³-hybridized carbons (Fsp3) is 0.455. The molecule has 2 aromatic heterocycles. The Morgan fingerprint density at radius 2 is 2.35 bits per heavy atom. The van der Waals surface area contributed by atoms with E-state index in [-0.39, 0.29) is 0 Å². The van der Waals surface area contributed by atoms with E-state index in [2.05, 4.69) is 29.2 Å². The first-order chi connectivity index (χ1) is 8.20. The third-order valence-corrected chi connectivity index (χ3v) is 3.41. The molecular formula is C11H17N5S. The van der Waals surface area contributed by atoms with Crippen molar-refractivity contribution < 1.29 is 0 Å². The molecule has 0 saturated heterocycles. The highest BCUT2D eigenvalue weighted by atomic mass is 32.2. The van der Waals surface area contributed by atoms with Gasteiger partial charge in [-0.1, -0.05) is 13.8 Å². The highest BCUT2D eigenvalue weighted by Gasteiger charge is 2.07. The number of rotatable bonds is 5. The molecule has 5 nitrogen and oxygen atoms in total. The fourth-order valence-electron chi connectivity index (χ4n) is 1.46. The molecule has 0 radical (unpaired) electrons. The van der Waals surface area contributed by atoms with E-state index in [4.69, 9.17) is 5.84 Å². The SMILES string of the molecule is CC(C)CCSc1nc(NN)cn2ccnc12. The Bertz CT molecular complexity index is 494. The Balaban J connectivity index is 2.21. The first-order valence-electron chi connectivity index (χ1n) is 5.64. The van der Waals surface area contributed by atoms with Gasteiger partial charge in [0.25, 0.3) is 0 Å². The van der Waals surface area contributed by atoms with Gasteiger partial charge in [0.1, 0.15) is 5.03 Å². The van der Waals surface area contributed by atoms with E-state index in [9.17, 15) is 0 Å². The maximum atomic E-state index is 5.40. The van der Waals surface area contributed by atoms with Crippen LogP contribution in [0.3, 0.4) is 0 Å². The summed E-state index contributed by atoms with van der Waals surface area (Å²) in [6.07, 6.45) is 6.66. The zero-order valence-corrected chi connectivity index (χ0v) is 10.9. The van der Waals surface area contributed by atoms with E-state index in [0.29, 0.717) is 11.7 Å². The molecule has 0 amide bonds. The van der Waals surface area contributed by atoms with Crippen LogP contribution < -0.4 is 11.3 Å². The second-order valence-electron chi connectivity index (χ2n) is 4.26. The first kappa shape index (κ1) is 12.2. The van der Waals surface area contributed by atoms with Gasteiger partial charge in [-0.3, -0.25) is 0 Å². The summed E-state index contributed by atoms with van der Waals surface area (Å²) in [5, 5.41) is 0.922. The van der Waals surface area contributed by atoms with Crippen LogP contribution in [-0.2, 0) is 0 Å². The van der Waals surface area contributed by atoms with Crippen LogP contribution in [0.1, 0.15) is 20.3 Å². The number of nitrogens with two attached hydrogens (primary N) is 1. The number of fused-ring (bicyclic) bond motifs is 1. The van der Waals surface area contributed by atoms with Crippen molar-refractivity contribution in [1.29, 1.82) is 0 Å². The molecule has 2 aromatic rings. The van der Waals surface area contributed by atoms with Crippen molar-refractivity contribution in [3.8, 4) is 0 Å². The molecule has 0 unspecified atom stereocenters. The molecule has 2 heterocycles. The highest BCUT2D eigenvalue weighted by Crippen LogP contribution is 2.23. The Kier molecular flexibility index (Phi) is 3.86. The number of anilines is 1. The lowest BCUT2D eigenvalue weighted by atomic mass is 10.2. The monoisotopic (exact) mass is 251 g/mol. The van der Waals surface area contributed by atoms with Crippen molar-refractivity contribution in [2.75, 3.05) is 11.2 Å². The standard InChI is InChI=1S/C11H17N5S/c1-8(2)3-6-17-11-10-13-4-5-16(10)7-9(14-11)15-12/h4-5,7-8,15H,3,6,12H2,1-2H3. The minimum absolute atomic E-state index is 0.655. The quantitative estimate of drug-likeness (QED) is 0.484. The van der Waals surface area contributed by atoms with Crippen molar-refractivity contribution in [2.24, 2.45) is 11.8 Å². The van der Waals surface area contributed by atoms with Crippen LogP contribution in [0.15, 0.2) is 23.6 Å². The first-order valence-corrected chi connectivity index (χ1v) is 6.62. The predicted molar refractivity (Wildman–Crippen MR) is 71.0 cm³/mol. The Hall–Kier alpha value is -1.27. The molecule has 6 heteroatoms. The molecule has 2 rings (SSSR count). The number of aromatic nitrogens is 3. The molecule has 0 fully saturated rings. The molecule has 0 aromatic carbocycles. The van der Waals surface area contributed by atoms with E-state index in [1.807, 2.05) is 16.8 Å². The molecular weight excluding hydrogens is 234 g/mol. The highest BCUT2D eigenvalue weighted by molar-refractivity contribution is 7.99. The van der Waals surface area contributed by atoms with E-state index < -0.39 is 0 Å². The van der Waals surface area contributed by atoms with Crippen LogP contribution >= 0.6 is 11.8 Å². The second kappa shape index (κ2) is 5.37. The largest absolute Gasteiger partial charge is 0.307 e. The maximum Gasteiger partial charge on any atom is 0.169 e. The Morgan fingerprint density at radius 1 is 1.53 bits per heavy atom. The zero-order chi connectivity index (χ0) is 12.3. The number of nitrogen functional groups attached to an aromatic ring is 1. The van der Waals surface area contributed by atoms with Gasteiger partial charge in [0.05, 0.1) is 6.20 Å². The number of thioether (sulfide) groups is 1. The molecule has 17 heavy (non-hydrogen) atoms. The number of nitrogens with zero attached hydrogens (tertiary/aromatic N) is 3. The Labute approximate surface area is 105 Å². The van der Waals surface area contributed by atoms with Crippen LogP contribution in [0.4, 0.5) is 5.82 Å². The van der Waals surface area contributed by atoms with Gasteiger partial charge in [-0.25, -0.2) is 15.8 Å². The van der Waals surface area contributed by atoms with Crippen molar-refractivity contribution in [3.63, 3.8) is 0 Å². The van der Waals surface area contributed by atoms with Gasteiger partial charge < -0.3 is 9.83 Å². The minimum atomic E-state index is 0.655. The summed E-state index contributed by atoms with van der Waals surface area (Å²) in [5.74, 6) is 7.80. The van der Waals surface area contributed by atoms with Crippen LogP contribution in [0, 0.1) is 5.92 Å². The molecule has 3 N–H and O–H groups in total. The smallest absolute Gasteiger partial charge is 0.169 e. The molecule has 0 bridgehead atoms. The molecule has 0 spiro atoms. The van der Waals surface area contributed by atoms with Gasteiger partial charge in [-0.2, -0.15) is 0 Å². The summed E-state index contributed by atoms with van der Waals surface area (Å²) in [5.41, 5.74) is 3.46. The van der Waals surface area contributed by atoms with Crippen LogP contribution in [-0.4, -0.2) is 20.1 Å². The van der Waals surface area contributed by atoms with E-state index in [0.717, 1.165) is 16.4 Å². The lowest BCUT2D eigenvalue weighted by Crippen LogP contribution is -2.10. The normalized spacial score (nSPS) is 11.3. The maximum absolute atomic E-state index is 5.40. The van der Waals surface area contributed by atoms with Crippen LogP contribution in [0.2, 0.25) is 0 Å². The molecule has 0 saturated carbocycles. The minimum Gasteiger partial charge on any atom is -0.307 e. The van der Waals surface area contributed by atoms with E-state index >= 15 is 0 Å². The van der Waals surface area contributed by atoms with Crippen molar-refractivity contribution >= 4 is 23.2 Å². The van der Waals surface area contributed by atoms with Crippen molar-refractivity contribution in [3.05, 3.63) is 18.6 Å². The van der Waals surface area contributed by atoms with Gasteiger partial charge in [0.15, 0.2) is 11.5 Å². The third kappa shape index (κ3) is 2.89. The van der Waals surface area contributed by atoms with Crippen molar-refractivity contribution in [2.45, 2.75) is 25.3 Å². The summed E-state index contributed by atoms with van der Waals surface area (Å²) in [6.45, 7) is 4.44. The molecule has 0 atom stereocenters. The number of hydrogen-bond donors (Lipinski definition) is 2. The lowest BCUT2D eigenvalue weighted by molar-refractivity contribution is 0.632. The van der Waals surface area contributed by atoms with Crippen molar-refractivity contribution in [1.82, 2.24) is 14.4 Å². The summed E-state index contributed by atoms with van der Waals surface area (Å²) < 4.78 is 1.93. The predicted octanol–water partition coefficient (Wildman–Crippen LogP) is 2.15. The van der Waals surface area contributed by atoms with Gasteiger partial charge in [-0.05, 0) is 18.1 Å². The van der Waals surface area contributed by atoms with Gasteiger partial charge in [-0.15, -0.1) is 11.8 Å². The summed E-state index contributed by atoms with van der Waals surface area (Å²) in [4.78, 5) is 8.73. The molecule has 0 aliphatic rings. The average molecular weight is 251 g/mol. The summed E-state index contributed by atoms with van der Waals surface area (Å²) in [6, 6.07) is 0. The van der Waals surface area contributed by atoms with Gasteiger partial charge in [0, 0.05) is 12.4 Å².